The molecule has 2 nitrogen and oxygen atoms in total. The maximum Gasteiger partial charge on any atom is 0.175 e. The Morgan fingerprint density at radius 3 is 1.67 bits per heavy atom. The minimum absolute atomic E-state index is 0.370. The first kappa shape index (κ1) is 11.2. The Bertz CT molecular complexity index is 301. The fourth-order valence-corrected chi connectivity index (χ4v) is 1.32. The van der Waals surface area contributed by atoms with E-state index >= 15 is 0 Å². The topological polar surface area (TPSA) is 34.1 Å². The average molecular weight is 186 g/mol. The van der Waals surface area contributed by atoms with E-state index in [1.54, 1.807) is 30.3 Å². The second-order valence-corrected chi connectivity index (χ2v) is 4.10. The maximum absolute atomic E-state index is 10.8. The zero-order valence-electron chi connectivity index (χ0n) is 7.61. The summed E-state index contributed by atoms with van der Waals surface area (Å²) in [6.07, 6.45) is 1.20. The van der Waals surface area contributed by atoms with E-state index in [1.165, 1.54) is 6.26 Å². The quantitative estimate of drug-likeness (QED) is 0.673. The van der Waals surface area contributed by atoms with Crippen LogP contribution in [0.3, 0.4) is 0 Å². The molecule has 3 heteroatoms. The Kier molecular flexibility index (Phi) is 4.59. The van der Waals surface area contributed by atoms with Crippen molar-refractivity contribution in [2.75, 3.05) is 6.26 Å². The summed E-state index contributed by atoms with van der Waals surface area (Å²) in [6, 6.07) is 8.35. The lowest BCUT2D eigenvalue weighted by molar-refractivity contribution is 0.602. The average Bonchev–Trinajstić information content (AvgIpc) is 2.08. The second-order valence-electron chi connectivity index (χ2n) is 2.09. The summed E-state index contributed by atoms with van der Waals surface area (Å²) in [6.45, 7) is 4.00. The number of hydrogen-bond donors (Lipinski definition) is 0. The molecule has 0 saturated heterocycles. The van der Waals surface area contributed by atoms with Crippen LogP contribution in [0, 0.1) is 0 Å². The van der Waals surface area contributed by atoms with Crippen LogP contribution < -0.4 is 0 Å². The largest absolute Gasteiger partial charge is 0.224 e. The van der Waals surface area contributed by atoms with Gasteiger partial charge in [0.15, 0.2) is 9.84 Å². The second kappa shape index (κ2) is 4.93. The number of sulfone groups is 1. The van der Waals surface area contributed by atoms with Gasteiger partial charge in [0.1, 0.15) is 0 Å². The molecular weight excluding hydrogens is 172 g/mol. The van der Waals surface area contributed by atoms with E-state index in [-0.39, 0.29) is 0 Å². The van der Waals surface area contributed by atoms with Crippen molar-refractivity contribution < 1.29 is 8.42 Å². The molecule has 0 radical (unpaired) electrons. The van der Waals surface area contributed by atoms with Gasteiger partial charge in [0.25, 0.3) is 0 Å². The van der Waals surface area contributed by atoms with Crippen molar-refractivity contribution in [1.82, 2.24) is 0 Å². The van der Waals surface area contributed by atoms with Crippen LogP contribution in [0.1, 0.15) is 13.8 Å². The molecule has 1 rings (SSSR count). The fraction of sp³-hybridized carbons (Fsp3) is 0.333. The molecule has 0 aliphatic rings. The monoisotopic (exact) mass is 186 g/mol. The van der Waals surface area contributed by atoms with Crippen molar-refractivity contribution in [1.29, 1.82) is 0 Å². The van der Waals surface area contributed by atoms with E-state index < -0.39 is 9.84 Å². The summed E-state index contributed by atoms with van der Waals surface area (Å²) in [4.78, 5) is 0.370. The summed E-state index contributed by atoms with van der Waals surface area (Å²) >= 11 is 0. The first-order chi connectivity index (χ1) is 5.61. The van der Waals surface area contributed by atoms with Crippen LogP contribution in [0.15, 0.2) is 35.2 Å². The highest BCUT2D eigenvalue weighted by atomic mass is 32.2. The molecule has 0 aromatic heterocycles. The van der Waals surface area contributed by atoms with Crippen LogP contribution in [-0.4, -0.2) is 14.7 Å². The molecule has 0 N–H and O–H groups in total. The molecule has 0 bridgehead atoms. The summed E-state index contributed by atoms with van der Waals surface area (Å²) in [5.74, 6) is 0. The van der Waals surface area contributed by atoms with Gasteiger partial charge in [-0.1, -0.05) is 32.0 Å². The molecule has 0 heterocycles. The van der Waals surface area contributed by atoms with E-state index in [0.717, 1.165) is 0 Å². The van der Waals surface area contributed by atoms with Crippen LogP contribution in [0.2, 0.25) is 0 Å². The lowest BCUT2D eigenvalue weighted by Gasteiger charge is -1.93. The van der Waals surface area contributed by atoms with E-state index in [4.69, 9.17) is 0 Å². The molecule has 0 aliphatic carbocycles. The van der Waals surface area contributed by atoms with Crippen LogP contribution in [0.4, 0.5) is 0 Å². The SMILES string of the molecule is CC.CS(=O)(=O)c1ccccc1. The van der Waals surface area contributed by atoms with Gasteiger partial charge in [0.05, 0.1) is 4.90 Å². The van der Waals surface area contributed by atoms with Crippen molar-refractivity contribution in [3.63, 3.8) is 0 Å². The van der Waals surface area contributed by atoms with Crippen molar-refractivity contribution in [2.45, 2.75) is 18.7 Å². The van der Waals surface area contributed by atoms with Crippen LogP contribution in [0.25, 0.3) is 0 Å². The molecular formula is C9H14O2S. The number of benzene rings is 1. The van der Waals surface area contributed by atoms with Gasteiger partial charge in [-0.3, -0.25) is 0 Å². The number of hydrogen-bond acceptors (Lipinski definition) is 2. The molecule has 0 saturated carbocycles. The zero-order valence-corrected chi connectivity index (χ0v) is 8.43. The first-order valence-electron chi connectivity index (χ1n) is 3.86. The molecule has 0 aliphatic heterocycles. The van der Waals surface area contributed by atoms with Crippen molar-refractivity contribution >= 4 is 9.84 Å². The Labute approximate surface area is 74.2 Å². The predicted molar refractivity (Wildman–Crippen MR) is 50.9 cm³/mol. The Morgan fingerprint density at radius 1 is 1.00 bits per heavy atom. The van der Waals surface area contributed by atoms with Gasteiger partial charge in [-0.2, -0.15) is 0 Å². The predicted octanol–water partition coefficient (Wildman–Crippen LogP) is 2.12. The van der Waals surface area contributed by atoms with Crippen molar-refractivity contribution in [3.8, 4) is 0 Å². The molecule has 68 valence electrons. The van der Waals surface area contributed by atoms with E-state index in [2.05, 4.69) is 0 Å². The molecule has 0 fully saturated rings. The fourth-order valence-electron chi connectivity index (χ4n) is 0.668. The van der Waals surface area contributed by atoms with Crippen LogP contribution in [0.5, 0.6) is 0 Å². The molecule has 0 spiro atoms. The lowest BCUT2D eigenvalue weighted by Crippen LogP contribution is -1.95. The molecule has 0 amide bonds. The molecule has 1 aromatic carbocycles. The summed E-state index contributed by atoms with van der Waals surface area (Å²) < 4.78 is 21.7. The molecule has 0 unspecified atom stereocenters. The summed E-state index contributed by atoms with van der Waals surface area (Å²) in [5.41, 5.74) is 0. The normalized spacial score (nSPS) is 9.92. The minimum atomic E-state index is -3.00. The van der Waals surface area contributed by atoms with Crippen molar-refractivity contribution in [3.05, 3.63) is 30.3 Å². The smallest absolute Gasteiger partial charge is 0.175 e. The van der Waals surface area contributed by atoms with Crippen molar-refractivity contribution in [2.24, 2.45) is 0 Å². The third-order valence-corrected chi connectivity index (χ3v) is 2.30. The molecule has 0 atom stereocenters. The number of rotatable bonds is 1. The highest BCUT2D eigenvalue weighted by Crippen LogP contribution is 2.05. The highest BCUT2D eigenvalue weighted by Gasteiger charge is 2.02. The van der Waals surface area contributed by atoms with Crippen LogP contribution in [-0.2, 0) is 9.84 Å². The minimum Gasteiger partial charge on any atom is -0.224 e. The zero-order chi connectivity index (χ0) is 9.61. The van der Waals surface area contributed by atoms with Gasteiger partial charge in [0, 0.05) is 6.26 Å². The Hall–Kier alpha value is -0.830. The van der Waals surface area contributed by atoms with E-state index in [0.29, 0.717) is 4.90 Å². The molecule has 1 aromatic rings. The van der Waals surface area contributed by atoms with Gasteiger partial charge >= 0.3 is 0 Å². The Morgan fingerprint density at radius 2 is 1.42 bits per heavy atom. The summed E-state index contributed by atoms with van der Waals surface area (Å²) in [7, 11) is -3.00. The highest BCUT2D eigenvalue weighted by molar-refractivity contribution is 7.90. The third kappa shape index (κ3) is 3.53. The van der Waals surface area contributed by atoms with Gasteiger partial charge in [-0.15, -0.1) is 0 Å². The maximum atomic E-state index is 10.8. The van der Waals surface area contributed by atoms with E-state index in [1.807, 2.05) is 13.8 Å². The van der Waals surface area contributed by atoms with Crippen LogP contribution >= 0.6 is 0 Å². The van der Waals surface area contributed by atoms with Gasteiger partial charge < -0.3 is 0 Å². The lowest BCUT2D eigenvalue weighted by atomic mass is 10.4. The molecule has 12 heavy (non-hydrogen) atoms. The van der Waals surface area contributed by atoms with E-state index in [9.17, 15) is 8.42 Å². The summed E-state index contributed by atoms with van der Waals surface area (Å²) in [5, 5.41) is 0. The van der Waals surface area contributed by atoms with Gasteiger partial charge in [-0.05, 0) is 12.1 Å². The standard InChI is InChI=1S/C7H8O2S.C2H6/c1-10(8,9)7-5-3-2-4-6-7;1-2/h2-6H,1H3;1-2H3. The Balaban J connectivity index is 0.000000561. The van der Waals surface area contributed by atoms with Gasteiger partial charge in [0.2, 0.25) is 0 Å². The third-order valence-electron chi connectivity index (χ3n) is 1.17. The first-order valence-corrected chi connectivity index (χ1v) is 5.75. The van der Waals surface area contributed by atoms with Gasteiger partial charge in [-0.25, -0.2) is 8.42 Å².